The van der Waals surface area contributed by atoms with E-state index in [-0.39, 0.29) is 29.2 Å². The van der Waals surface area contributed by atoms with Crippen LogP contribution in [-0.4, -0.2) is 29.7 Å². The Bertz CT molecular complexity index is 448. The van der Waals surface area contributed by atoms with Gasteiger partial charge in [0.25, 0.3) is 0 Å². The molecule has 0 aliphatic heterocycles. The van der Waals surface area contributed by atoms with Crippen LogP contribution in [0.5, 0.6) is 0 Å². The smallest absolute Gasteiger partial charge is 0.315 e. The van der Waals surface area contributed by atoms with Gasteiger partial charge in [0.2, 0.25) is 0 Å². The standard InChI is InChI=1S/C14H21NO4/c1-5-6-8(16)10-9(17)7-14(2,3)11(12(10)15)13(18)19-4/h11,15-16H,5-7H2,1-4H3/b10-8+,15-12?. The third-order valence-electron chi connectivity index (χ3n) is 3.45. The van der Waals surface area contributed by atoms with Crippen LogP contribution in [0.3, 0.4) is 0 Å². The summed E-state index contributed by atoms with van der Waals surface area (Å²) in [6, 6.07) is 0. The molecule has 1 unspecified atom stereocenters. The van der Waals surface area contributed by atoms with Gasteiger partial charge < -0.3 is 15.3 Å². The van der Waals surface area contributed by atoms with Gasteiger partial charge in [0.15, 0.2) is 5.78 Å². The summed E-state index contributed by atoms with van der Waals surface area (Å²) in [5.74, 6) is -1.73. The number of ether oxygens (including phenoxy) is 1. The fourth-order valence-electron chi connectivity index (χ4n) is 2.52. The van der Waals surface area contributed by atoms with Crippen molar-refractivity contribution in [1.82, 2.24) is 0 Å². The fraction of sp³-hybridized carbons (Fsp3) is 0.643. The Kier molecular flexibility index (Phi) is 4.50. The second-order valence-electron chi connectivity index (χ2n) is 5.53. The molecule has 1 aliphatic carbocycles. The summed E-state index contributed by atoms with van der Waals surface area (Å²) in [5.41, 5.74) is -0.798. The van der Waals surface area contributed by atoms with Crippen LogP contribution >= 0.6 is 0 Å². The number of rotatable bonds is 3. The van der Waals surface area contributed by atoms with E-state index in [0.29, 0.717) is 12.8 Å². The van der Waals surface area contributed by atoms with E-state index < -0.39 is 17.3 Å². The Hall–Kier alpha value is -1.65. The van der Waals surface area contributed by atoms with Crippen LogP contribution in [0.4, 0.5) is 0 Å². The molecule has 5 heteroatoms. The van der Waals surface area contributed by atoms with Gasteiger partial charge in [0, 0.05) is 12.8 Å². The fourth-order valence-corrected chi connectivity index (χ4v) is 2.52. The number of aliphatic hydroxyl groups is 1. The van der Waals surface area contributed by atoms with Crippen molar-refractivity contribution in [3.05, 3.63) is 11.3 Å². The van der Waals surface area contributed by atoms with Crippen molar-refractivity contribution in [2.75, 3.05) is 7.11 Å². The Morgan fingerprint density at radius 1 is 1.53 bits per heavy atom. The predicted octanol–water partition coefficient (Wildman–Crippen LogP) is 2.41. The molecule has 19 heavy (non-hydrogen) atoms. The van der Waals surface area contributed by atoms with E-state index in [0.717, 1.165) is 0 Å². The molecule has 0 aromatic carbocycles. The Morgan fingerprint density at radius 3 is 2.58 bits per heavy atom. The average molecular weight is 267 g/mol. The maximum atomic E-state index is 12.1. The van der Waals surface area contributed by atoms with Gasteiger partial charge in [-0.1, -0.05) is 20.8 Å². The lowest BCUT2D eigenvalue weighted by Gasteiger charge is -2.37. The number of nitrogens with one attached hydrogen (secondary N) is 1. The monoisotopic (exact) mass is 267 g/mol. The van der Waals surface area contributed by atoms with Gasteiger partial charge in [-0.05, 0) is 11.8 Å². The number of Topliss-reactive ketones (excluding diaryl/α,β-unsaturated/α-hetero) is 1. The number of esters is 1. The number of carbonyl (C=O) groups excluding carboxylic acids is 2. The Morgan fingerprint density at radius 2 is 2.11 bits per heavy atom. The zero-order chi connectivity index (χ0) is 14.8. The summed E-state index contributed by atoms with van der Waals surface area (Å²) >= 11 is 0. The molecule has 1 fully saturated rings. The van der Waals surface area contributed by atoms with Crippen LogP contribution in [0.2, 0.25) is 0 Å². The number of carbonyl (C=O) groups is 2. The first-order valence-corrected chi connectivity index (χ1v) is 6.38. The molecule has 0 saturated heterocycles. The number of ketones is 1. The number of allylic oxidation sites excluding steroid dienone is 2. The van der Waals surface area contributed by atoms with Crippen molar-refractivity contribution in [2.24, 2.45) is 11.3 Å². The zero-order valence-electron chi connectivity index (χ0n) is 11.9. The van der Waals surface area contributed by atoms with Gasteiger partial charge in [0.1, 0.15) is 11.7 Å². The highest BCUT2D eigenvalue weighted by molar-refractivity contribution is 6.28. The molecule has 0 bridgehead atoms. The van der Waals surface area contributed by atoms with E-state index in [1.54, 1.807) is 13.8 Å². The van der Waals surface area contributed by atoms with E-state index >= 15 is 0 Å². The van der Waals surface area contributed by atoms with Gasteiger partial charge in [-0.3, -0.25) is 9.59 Å². The summed E-state index contributed by atoms with van der Waals surface area (Å²) in [5, 5.41) is 18.0. The molecule has 5 nitrogen and oxygen atoms in total. The number of hydrogen-bond acceptors (Lipinski definition) is 5. The highest BCUT2D eigenvalue weighted by Gasteiger charge is 2.48. The van der Waals surface area contributed by atoms with Crippen molar-refractivity contribution < 1.29 is 19.4 Å². The van der Waals surface area contributed by atoms with E-state index in [4.69, 9.17) is 10.1 Å². The molecule has 0 radical (unpaired) electrons. The maximum Gasteiger partial charge on any atom is 0.315 e. The van der Waals surface area contributed by atoms with E-state index in [2.05, 4.69) is 0 Å². The van der Waals surface area contributed by atoms with E-state index in [9.17, 15) is 14.7 Å². The molecule has 0 spiro atoms. The van der Waals surface area contributed by atoms with Crippen molar-refractivity contribution in [3.63, 3.8) is 0 Å². The Labute approximate surface area is 113 Å². The molecule has 0 aromatic rings. The lowest BCUT2D eigenvalue weighted by atomic mass is 9.65. The highest BCUT2D eigenvalue weighted by Crippen LogP contribution is 2.40. The molecule has 106 valence electrons. The minimum absolute atomic E-state index is 0.00317. The quantitative estimate of drug-likeness (QED) is 0.467. The van der Waals surface area contributed by atoms with Crippen LogP contribution < -0.4 is 0 Å². The first kappa shape index (κ1) is 15.4. The van der Waals surface area contributed by atoms with Gasteiger partial charge >= 0.3 is 5.97 Å². The molecule has 0 amide bonds. The van der Waals surface area contributed by atoms with Crippen LogP contribution in [0.1, 0.15) is 40.0 Å². The summed E-state index contributed by atoms with van der Waals surface area (Å²) in [4.78, 5) is 23.9. The lowest BCUT2D eigenvalue weighted by molar-refractivity contribution is -0.147. The second-order valence-corrected chi connectivity index (χ2v) is 5.53. The third kappa shape index (κ3) is 2.85. The van der Waals surface area contributed by atoms with Crippen LogP contribution in [0, 0.1) is 16.7 Å². The zero-order valence-corrected chi connectivity index (χ0v) is 11.9. The SMILES string of the molecule is CCC/C(O)=C1\C(=N)C(C(=O)OC)C(C)(C)CC1=O. The van der Waals surface area contributed by atoms with Crippen molar-refractivity contribution >= 4 is 17.5 Å². The lowest BCUT2D eigenvalue weighted by Crippen LogP contribution is -2.46. The molecular weight excluding hydrogens is 246 g/mol. The topological polar surface area (TPSA) is 87.4 Å². The molecule has 1 rings (SSSR count). The van der Waals surface area contributed by atoms with Crippen LogP contribution in [-0.2, 0) is 14.3 Å². The minimum Gasteiger partial charge on any atom is -0.511 e. The predicted molar refractivity (Wildman–Crippen MR) is 71.2 cm³/mol. The first-order valence-electron chi connectivity index (χ1n) is 6.38. The van der Waals surface area contributed by atoms with Gasteiger partial charge in [-0.15, -0.1) is 0 Å². The second kappa shape index (κ2) is 5.55. The minimum atomic E-state index is -0.816. The van der Waals surface area contributed by atoms with Gasteiger partial charge in [-0.25, -0.2) is 0 Å². The molecule has 1 aliphatic rings. The summed E-state index contributed by atoms with van der Waals surface area (Å²) in [6.45, 7) is 5.39. The summed E-state index contributed by atoms with van der Waals surface area (Å²) < 4.78 is 4.72. The normalized spacial score (nSPS) is 25.2. The Balaban J connectivity index is 3.27. The first-order chi connectivity index (χ1) is 8.76. The van der Waals surface area contributed by atoms with E-state index in [1.807, 2.05) is 6.92 Å². The molecule has 2 N–H and O–H groups in total. The van der Waals surface area contributed by atoms with Crippen LogP contribution in [0.15, 0.2) is 11.3 Å². The summed E-state index contributed by atoms with van der Waals surface area (Å²) in [6.07, 6.45) is 1.12. The summed E-state index contributed by atoms with van der Waals surface area (Å²) in [7, 11) is 1.26. The van der Waals surface area contributed by atoms with Crippen LogP contribution in [0.25, 0.3) is 0 Å². The van der Waals surface area contributed by atoms with E-state index in [1.165, 1.54) is 7.11 Å². The molecule has 0 heterocycles. The largest absolute Gasteiger partial charge is 0.511 e. The maximum absolute atomic E-state index is 12.1. The van der Waals surface area contributed by atoms with Gasteiger partial charge in [-0.2, -0.15) is 0 Å². The number of methoxy groups -OCH3 is 1. The average Bonchev–Trinajstić information content (AvgIpc) is 2.26. The molecular formula is C14H21NO4. The number of aliphatic hydroxyl groups excluding tert-OH is 1. The molecule has 1 atom stereocenters. The van der Waals surface area contributed by atoms with Crippen molar-refractivity contribution in [1.29, 1.82) is 5.41 Å². The number of hydrogen-bond donors (Lipinski definition) is 2. The van der Waals surface area contributed by atoms with Gasteiger partial charge in [0.05, 0.1) is 18.4 Å². The van der Waals surface area contributed by atoms with Crippen molar-refractivity contribution in [3.8, 4) is 0 Å². The molecule has 1 saturated carbocycles. The molecule has 0 aromatic heterocycles. The van der Waals surface area contributed by atoms with Crippen molar-refractivity contribution in [2.45, 2.75) is 40.0 Å². The highest BCUT2D eigenvalue weighted by atomic mass is 16.5. The third-order valence-corrected chi connectivity index (χ3v) is 3.45.